The van der Waals surface area contributed by atoms with Crippen molar-refractivity contribution < 1.29 is 13.9 Å². The minimum absolute atomic E-state index is 0.358. The van der Waals surface area contributed by atoms with Gasteiger partial charge in [-0.25, -0.2) is 0 Å². The first kappa shape index (κ1) is 16.1. The van der Waals surface area contributed by atoms with Crippen molar-refractivity contribution >= 4 is 0 Å². The van der Waals surface area contributed by atoms with Crippen LogP contribution in [0.2, 0.25) is 0 Å². The van der Waals surface area contributed by atoms with Gasteiger partial charge in [0.15, 0.2) is 0 Å². The minimum Gasteiger partial charge on any atom is -0.494 e. The van der Waals surface area contributed by atoms with E-state index in [0.717, 1.165) is 36.8 Å². The summed E-state index contributed by atoms with van der Waals surface area (Å²) in [7, 11) is 1.69. The molecule has 0 bridgehead atoms. The Morgan fingerprint density at radius 2 is 2.17 bits per heavy atom. The van der Waals surface area contributed by atoms with Gasteiger partial charge in [-0.2, -0.15) is 0 Å². The number of nitrogens with zero attached hydrogens (tertiary/aromatic N) is 1. The first-order chi connectivity index (χ1) is 11.3. The van der Waals surface area contributed by atoms with Crippen LogP contribution in [0.25, 0.3) is 0 Å². The van der Waals surface area contributed by atoms with E-state index in [1.54, 1.807) is 7.11 Å². The molecule has 23 heavy (non-hydrogen) atoms. The van der Waals surface area contributed by atoms with Crippen LogP contribution in [-0.4, -0.2) is 25.2 Å². The second-order valence-corrected chi connectivity index (χ2v) is 5.95. The molecule has 0 N–H and O–H groups in total. The molecule has 1 saturated heterocycles. The Balaban J connectivity index is 1.70. The van der Waals surface area contributed by atoms with Crippen LogP contribution in [0.5, 0.6) is 5.75 Å². The fourth-order valence-electron chi connectivity index (χ4n) is 3.27. The standard InChI is InChI=1S/C19H25NO3/c1-3-22-16-7-4-6-15(12-16)13-20-11-5-8-18(20)19-10-9-17(23-19)14-21-2/h4,6-7,9-10,12,18H,3,5,8,11,13-14H2,1-2H3. The van der Waals surface area contributed by atoms with Crippen LogP contribution < -0.4 is 4.74 Å². The Labute approximate surface area is 138 Å². The molecule has 1 fully saturated rings. The summed E-state index contributed by atoms with van der Waals surface area (Å²) in [5, 5.41) is 0. The van der Waals surface area contributed by atoms with E-state index in [-0.39, 0.29) is 0 Å². The Morgan fingerprint density at radius 1 is 1.26 bits per heavy atom. The second kappa shape index (κ2) is 7.66. The number of ether oxygens (including phenoxy) is 2. The van der Waals surface area contributed by atoms with Crippen LogP contribution >= 0.6 is 0 Å². The van der Waals surface area contributed by atoms with E-state index in [1.807, 2.05) is 19.1 Å². The lowest BCUT2D eigenvalue weighted by molar-refractivity contribution is 0.155. The van der Waals surface area contributed by atoms with Gasteiger partial charge in [0.2, 0.25) is 0 Å². The molecule has 0 aliphatic carbocycles. The topological polar surface area (TPSA) is 34.8 Å². The molecule has 0 amide bonds. The highest BCUT2D eigenvalue weighted by atomic mass is 16.5. The van der Waals surface area contributed by atoms with Gasteiger partial charge in [-0.1, -0.05) is 12.1 Å². The zero-order valence-corrected chi connectivity index (χ0v) is 14.0. The zero-order valence-electron chi connectivity index (χ0n) is 14.0. The van der Waals surface area contributed by atoms with E-state index >= 15 is 0 Å². The fourth-order valence-corrected chi connectivity index (χ4v) is 3.27. The van der Waals surface area contributed by atoms with Gasteiger partial charge in [-0.15, -0.1) is 0 Å². The molecule has 1 aliphatic heterocycles. The number of rotatable bonds is 7. The SMILES string of the molecule is CCOc1cccc(CN2CCCC2c2ccc(COC)o2)c1. The summed E-state index contributed by atoms with van der Waals surface area (Å²) in [4.78, 5) is 2.49. The molecule has 4 heteroatoms. The maximum Gasteiger partial charge on any atom is 0.129 e. The van der Waals surface area contributed by atoms with Gasteiger partial charge in [0.1, 0.15) is 23.9 Å². The lowest BCUT2D eigenvalue weighted by Crippen LogP contribution is -2.22. The summed E-state index contributed by atoms with van der Waals surface area (Å²) in [5.74, 6) is 2.89. The molecule has 1 aromatic heterocycles. The van der Waals surface area contributed by atoms with E-state index in [2.05, 4.69) is 29.2 Å². The van der Waals surface area contributed by atoms with E-state index in [4.69, 9.17) is 13.9 Å². The number of hydrogen-bond acceptors (Lipinski definition) is 4. The minimum atomic E-state index is 0.358. The molecule has 1 aliphatic rings. The molecule has 3 rings (SSSR count). The third-order valence-corrected chi connectivity index (χ3v) is 4.26. The van der Waals surface area contributed by atoms with Gasteiger partial charge in [-0.05, 0) is 56.1 Å². The molecule has 2 heterocycles. The van der Waals surface area contributed by atoms with Crippen molar-refractivity contribution in [1.82, 2.24) is 4.90 Å². The third kappa shape index (κ3) is 3.95. The highest BCUT2D eigenvalue weighted by molar-refractivity contribution is 5.28. The maximum atomic E-state index is 5.95. The first-order valence-corrected chi connectivity index (χ1v) is 8.33. The van der Waals surface area contributed by atoms with Gasteiger partial charge in [0.05, 0.1) is 12.6 Å². The number of benzene rings is 1. The first-order valence-electron chi connectivity index (χ1n) is 8.33. The predicted molar refractivity (Wildman–Crippen MR) is 89.4 cm³/mol. The van der Waals surface area contributed by atoms with E-state index in [9.17, 15) is 0 Å². The molecule has 124 valence electrons. The Bertz CT molecular complexity index is 623. The molecule has 0 spiro atoms. The number of likely N-dealkylation sites (tertiary alicyclic amines) is 1. The summed E-state index contributed by atoms with van der Waals surface area (Å²) in [6, 6.07) is 12.8. The van der Waals surface area contributed by atoms with Crippen molar-refractivity contribution in [2.45, 2.75) is 39.0 Å². The van der Waals surface area contributed by atoms with Crippen LogP contribution in [0.1, 0.15) is 42.9 Å². The summed E-state index contributed by atoms with van der Waals surface area (Å²) in [5.41, 5.74) is 1.28. The smallest absolute Gasteiger partial charge is 0.129 e. The van der Waals surface area contributed by atoms with Crippen LogP contribution in [0, 0.1) is 0 Å². The van der Waals surface area contributed by atoms with Crippen LogP contribution in [0.4, 0.5) is 0 Å². The molecule has 2 aromatic rings. The average Bonchev–Trinajstić information content (AvgIpc) is 3.17. The highest BCUT2D eigenvalue weighted by Crippen LogP contribution is 2.34. The van der Waals surface area contributed by atoms with E-state index < -0.39 is 0 Å². The van der Waals surface area contributed by atoms with Crippen molar-refractivity contribution in [3.05, 3.63) is 53.5 Å². The molecule has 1 atom stereocenters. The normalized spacial score (nSPS) is 18.4. The molecule has 0 radical (unpaired) electrons. The fraction of sp³-hybridized carbons (Fsp3) is 0.474. The highest BCUT2D eigenvalue weighted by Gasteiger charge is 2.28. The van der Waals surface area contributed by atoms with Crippen molar-refractivity contribution in [1.29, 1.82) is 0 Å². The van der Waals surface area contributed by atoms with Crippen LogP contribution in [-0.2, 0) is 17.9 Å². The van der Waals surface area contributed by atoms with Crippen molar-refractivity contribution in [3.63, 3.8) is 0 Å². The molecule has 4 nitrogen and oxygen atoms in total. The van der Waals surface area contributed by atoms with Crippen LogP contribution in [0.15, 0.2) is 40.8 Å². The van der Waals surface area contributed by atoms with Crippen molar-refractivity contribution in [2.75, 3.05) is 20.3 Å². The lowest BCUT2D eigenvalue weighted by Gasteiger charge is -2.23. The van der Waals surface area contributed by atoms with Gasteiger partial charge in [-0.3, -0.25) is 4.90 Å². The molecule has 1 unspecified atom stereocenters. The predicted octanol–water partition coefficient (Wildman–Crippen LogP) is 4.16. The van der Waals surface area contributed by atoms with Crippen molar-refractivity contribution in [3.8, 4) is 5.75 Å². The quantitative estimate of drug-likeness (QED) is 0.768. The van der Waals surface area contributed by atoms with Crippen LogP contribution in [0.3, 0.4) is 0 Å². The number of furan rings is 1. The Kier molecular flexibility index (Phi) is 5.36. The second-order valence-electron chi connectivity index (χ2n) is 5.95. The molecular formula is C19H25NO3. The third-order valence-electron chi connectivity index (χ3n) is 4.26. The number of hydrogen-bond donors (Lipinski definition) is 0. The average molecular weight is 315 g/mol. The Hall–Kier alpha value is -1.78. The molecular weight excluding hydrogens is 290 g/mol. The van der Waals surface area contributed by atoms with Gasteiger partial charge in [0, 0.05) is 13.7 Å². The summed E-state index contributed by atoms with van der Waals surface area (Å²) < 4.78 is 16.7. The van der Waals surface area contributed by atoms with Gasteiger partial charge in [0.25, 0.3) is 0 Å². The number of methoxy groups -OCH3 is 1. The summed E-state index contributed by atoms with van der Waals surface area (Å²) >= 11 is 0. The molecule has 0 saturated carbocycles. The van der Waals surface area contributed by atoms with Gasteiger partial charge < -0.3 is 13.9 Å². The van der Waals surface area contributed by atoms with Crippen molar-refractivity contribution in [2.24, 2.45) is 0 Å². The maximum absolute atomic E-state index is 5.95. The van der Waals surface area contributed by atoms with E-state index in [0.29, 0.717) is 19.3 Å². The van der Waals surface area contributed by atoms with Gasteiger partial charge >= 0.3 is 0 Å². The van der Waals surface area contributed by atoms with E-state index in [1.165, 1.54) is 12.0 Å². The largest absolute Gasteiger partial charge is 0.494 e. The zero-order chi connectivity index (χ0) is 16.1. The monoisotopic (exact) mass is 315 g/mol. The Morgan fingerprint density at radius 3 is 3.00 bits per heavy atom. The summed E-state index contributed by atoms with van der Waals surface area (Å²) in [6.45, 7) is 5.26. The summed E-state index contributed by atoms with van der Waals surface area (Å²) in [6.07, 6.45) is 2.35. The lowest BCUT2D eigenvalue weighted by atomic mass is 10.1. The molecule has 1 aromatic carbocycles.